The van der Waals surface area contributed by atoms with Crippen LogP contribution in [-0.4, -0.2) is 34.8 Å². The fraction of sp³-hybridized carbons (Fsp3) is 0.333. The van der Waals surface area contributed by atoms with Crippen LogP contribution in [0.2, 0.25) is 0 Å². The van der Waals surface area contributed by atoms with Gasteiger partial charge in [-0.2, -0.15) is 0 Å². The van der Waals surface area contributed by atoms with E-state index in [2.05, 4.69) is 52.1 Å². The van der Waals surface area contributed by atoms with Crippen LogP contribution in [0.5, 0.6) is 0 Å². The first-order valence-electron chi connectivity index (χ1n) is 9.02. The standard InChI is InChI=1S/C21H24BrN3OS.ClH/c1-14(2)15-7-9-17(10-8-15)23-20(26)12-19-13-27-21(25(19)3)24-18-6-4-5-16(22)11-18;/h4-11,14,19H,12-13H2,1-3H3,(H,23,26);1H. The summed E-state index contributed by atoms with van der Waals surface area (Å²) >= 11 is 5.17. The smallest absolute Gasteiger partial charge is 0.226 e. The van der Waals surface area contributed by atoms with E-state index in [1.807, 2.05) is 43.4 Å². The molecule has 1 fully saturated rings. The summed E-state index contributed by atoms with van der Waals surface area (Å²) in [5.74, 6) is 1.39. The van der Waals surface area contributed by atoms with E-state index in [1.54, 1.807) is 11.8 Å². The summed E-state index contributed by atoms with van der Waals surface area (Å²) in [6, 6.07) is 16.2. The molecule has 1 N–H and O–H groups in total. The van der Waals surface area contributed by atoms with Crippen LogP contribution in [0.1, 0.15) is 31.7 Å². The zero-order valence-electron chi connectivity index (χ0n) is 16.2. The zero-order chi connectivity index (χ0) is 19.4. The summed E-state index contributed by atoms with van der Waals surface area (Å²) in [5.41, 5.74) is 3.03. The summed E-state index contributed by atoms with van der Waals surface area (Å²) in [4.78, 5) is 19.3. The molecule has 3 rings (SSSR count). The van der Waals surface area contributed by atoms with Crippen molar-refractivity contribution in [3.8, 4) is 0 Å². The van der Waals surface area contributed by atoms with Gasteiger partial charge in [-0.15, -0.1) is 12.4 Å². The van der Waals surface area contributed by atoms with Crippen molar-refractivity contribution in [3.05, 3.63) is 58.6 Å². The Morgan fingerprint density at radius 1 is 1.29 bits per heavy atom. The Morgan fingerprint density at radius 3 is 2.64 bits per heavy atom. The number of halogens is 2. The molecule has 0 radical (unpaired) electrons. The number of amides is 1. The number of benzene rings is 2. The molecule has 0 saturated carbocycles. The van der Waals surface area contributed by atoms with E-state index in [0.29, 0.717) is 12.3 Å². The van der Waals surface area contributed by atoms with Gasteiger partial charge in [-0.05, 0) is 41.8 Å². The summed E-state index contributed by atoms with van der Waals surface area (Å²) < 4.78 is 1.01. The van der Waals surface area contributed by atoms with Crippen LogP contribution in [0, 0.1) is 0 Å². The molecule has 0 aromatic heterocycles. The van der Waals surface area contributed by atoms with E-state index in [4.69, 9.17) is 4.99 Å². The number of nitrogens with one attached hydrogen (secondary N) is 1. The molecule has 2 aromatic carbocycles. The highest BCUT2D eigenvalue weighted by Crippen LogP contribution is 2.28. The Labute approximate surface area is 185 Å². The Hall–Kier alpha value is -1.50. The van der Waals surface area contributed by atoms with Crippen molar-refractivity contribution < 1.29 is 4.79 Å². The van der Waals surface area contributed by atoms with Gasteiger partial charge >= 0.3 is 0 Å². The molecule has 1 amide bonds. The molecule has 150 valence electrons. The van der Waals surface area contributed by atoms with Crippen molar-refractivity contribution in [3.63, 3.8) is 0 Å². The molecule has 1 unspecified atom stereocenters. The van der Waals surface area contributed by atoms with Crippen LogP contribution >= 0.6 is 40.1 Å². The molecule has 7 heteroatoms. The van der Waals surface area contributed by atoms with E-state index < -0.39 is 0 Å². The van der Waals surface area contributed by atoms with E-state index >= 15 is 0 Å². The Bertz CT molecular complexity index is 842. The number of thioether (sulfide) groups is 1. The molecule has 0 spiro atoms. The normalized spacial score (nSPS) is 17.7. The molecule has 1 saturated heterocycles. The SMILES string of the molecule is CC(C)c1ccc(NC(=O)CC2CSC(=Nc3cccc(Br)c3)N2C)cc1.Cl. The minimum absolute atomic E-state index is 0. The maximum atomic E-state index is 12.4. The average molecular weight is 483 g/mol. The van der Waals surface area contributed by atoms with Crippen molar-refractivity contribution in [1.82, 2.24) is 4.90 Å². The number of rotatable bonds is 5. The first-order valence-corrected chi connectivity index (χ1v) is 10.8. The second-order valence-electron chi connectivity index (χ2n) is 6.98. The number of carbonyl (C=O) groups excluding carboxylic acids is 1. The topological polar surface area (TPSA) is 44.7 Å². The number of amidine groups is 1. The van der Waals surface area contributed by atoms with E-state index in [-0.39, 0.29) is 24.4 Å². The van der Waals surface area contributed by atoms with E-state index in [0.717, 1.165) is 26.8 Å². The van der Waals surface area contributed by atoms with Crippen LogP contribution in [0.4, 0.5) is 11.4 Å². The van der Waals surface area contributed by atoms with Gasteiger partial charge in [0, 0.05) is 35.4 Å². The van der Waals surface area contributed by atoms with Crippen LogP contribution in [-0.2, 0) is 4.79 Å². The Morgan fingerprint density at radius 2 is 2.00 bits per heavy atom. The average Bonchev–Trinajstić information content (AvgIpc) is 2.95. The minimum atomic E-state index is 0. The predicted octanol–water partition coefficient (Wildman–Crippen LogP) is 6.06. The highest BCUT2D eigenvalue weighted by Gasteiger charge is 2.29. The molecule has 2 aromatic rings. The maximum Gasteiger partial charge on any atom is 0.226 e. The monoisotopic (exact) mass is 481 g/mol. The molecule has 1 atom stereocenters. The van der Waals surface area contributed by atoms with Gasteiger partial charge in [-0.1, -0.05) is 59.7 Å². The first-order chi connectivity index (χ1) is 12.9. The van der Waals surface area contributed by atoms with Gasteiger partial charge in [-0.25, -0.2) is 4.99 Å². The number of hydrogen-bond acceptors (Lipinski definition) is 3. The lowest BCUT2D eigenvalue weighted by Crippen LogP contribution is -2.33. The van der Waals surface area contributed by atoms with Crippen LogP contribution in [0.15, 0.2) is 58.0 Å². The molecular formula is C21H25BrClN3OS. The number of hydrogen-bond donors (Lipinski definition) is 1. The summed E-state index contributed by atoms with van der Waals surface area (Å²) in [7, 11) is 2.01. The maximum absolute atomic E-state index is 12.4. The van der Waals surface area contributed by atoms with Crippen molar-refractivity contribution in [1.29, 1.82) is 0 Å². The van der Waals surface area contributed by atoms with Crippen LogP contribution in [0.3, 0.4) is 0 Å². The second kappa shape index (κ2) is 10.3. The van der Waals surface area contributed by atoms with Gasteiger partial charge in [0.2, 0.25) is 5.91 Å². The van der Waals surface area contributed by atoms with Gasteiger partial charge in [0.1, 0.15) is 0 Å². The van der Waals surface area contributed by atoms with E-state index in [9.17, 15) is 4.79 Å². The lowest BCUT2D eigenvalue weighted by molar-refractivity contribution is -0.116. The highest BCUT2D eigenvalue weighted by molar-refractivity contribution is 9.10. The third-order valence-corrected chi connectivity index (χ3v) is 6.25. The Kier molecular flexibility index (Phi) is 8.40. The largest absolute Gasteiger partial charge is 0.350 e. The van der Waals surface area contributed by atoms with Gasteiger partial charge in [-0.3, -0.25) is 4.79 Å². The molecule has 4 nitrogen and oxygen atoms in total. The fourth-order valence-electron chi connectivity index (χ4n) is 2.88. The number of nitrogens with zero attached hydrogens (tertiary/aromatic N) is 2. The van der Waals surface area contributed by atoms with E-state index in [1.165, 1.54) is 5.56 Å². The summed E-state index contributed by atoms with van der Waals surface area (Å²) in [6.07, 6.45) is 0.451. The lowest BCUT2D eigenvalue weighted by atomic mass is 10.0. The highest BCUT2D eigenvalue weighted by atomic mass is 79.9. The molecule has 1 aliphatic heterocycles. The van der Waals surface area contributed by atoms with Crippen molar-refractivity contribution >= 4 is 62.5 Å². The van der Waals surface area contributed by atoms with Gasteiger partial charge < -0.3 is 10.2 Å². The van der Waals surface area contributed by atoms with Crippen molar-refractivity contribution in [2.45, 2.75) is 32.2 Å². The second-order valence-corrected chi connectivity index (χ2v) is 8.88. The van der Waals surface area contributed by atoms with Gasteiger partial charge in [0.05, 0.1) is 5.69 Å². The predicted molar refractivity (Wildman–Crippen MR) is 126 cm³/mol. The molecule has 0 bridgehead atoms. The summed E-state index contributed by atoms with van der Waals surface area (Å²) in [6.45, 7) is 4.32. The number of anilines is 1. The third-order valence-electron chi connectivity index (χ3n) is 4.57. The zero-order valence-corrected chi connectivity index (χ0v) is 19.4. The van der Waals surface area contributed by atoms with Crippen molar-refractivity contribution in [2.24, 2.45) is 4.99 Å². The van der Waals surface area contributed by atoms with Crippen LogP contribution < -0.4 is 5.32 Å². The molecule has 1 aliphatic rings. The third kappa shape index (κ3) is 6.00. The number of carbonyl (C=O) groups is 1. The minimum Gasteiger partial charge on any atom is -0.350 e. The first kappa shape index (κ1) is 22.8. The van der Waals surface area contributed by atoms with Crippen LogP contribution in [0.25, 0.3) is 0 Å². The molecular weight excluding hydrogens is 458 g/mol. The quantitative estimate of drug-likeness (QED) is 0.563. The van der Waals surface area contributed by atoms with Gasteiger partial charge in [0.25, 0.3) is 0 Å². The fourth-order valence-corrected chi connectivity index (χ4v) is 4.47. The molecule has 0 aliphatic carbocycles. The van der Waals surface area contributed by atoms with Crippen molar-refractivity contribution in [2.75, 3.05) is 18.1 Å². The summed E-state index contributed by atoms with van der Waals surface area (Å²) in [5, 5.41) is 3.96. The lowest BCUT2D eigenvalue weighted by Gasteiger charge is -2.20. The van der Waals surface area contributed by atoms with Gasteiger partial charge in [0.15, 0.2) is 5.17 Å². The molecule has 28 heavy (non-hydrogen) atoms. The Balaban J connectivity index is 0.00000280. The number of aliphatic imine (C=N–C) groups is 1. The molecule has 1 heterocycles.